The van der Waals surface area contributed by atoms with Crippen LogP contribution in [0.4, 0.5) is 0 Å². The lowest BCUT2D eigenvalue weighted by atomic mass is 10.3. The summed E-state index contributed by atoms with van der Waals surface area (Å²) in [6.07, 6.45) is 0. The lowest BCUT2D eigenvalue weighted by Crippen LogP contribution is -2.16. The van der Waals surface area contributed by atoms with Crippen LogP contribution in [0, 0.1) is 0 Å². The second-order valence-electron chi connectivity index (χ2n) is 4.72. The number of hydrogen-bond donors (Lipinski definition) is 0. The van der Waals surface area contributed by atoms with Crippen molar-refractivity contribution in [3.63, 3.8) is 0 Å². The van der Waals surface area contributed by atoms with Crippen LogP contribution in [-0.2, 0) is 6.54 Å². The molecule has 2 aromatic rings. The van der Waals surface area contributed by atoms with E-state index in [9.17, 15) is 0 Å². The number of hydrogen-bond acceptors (Lipinski definition) is 2. The van der Waals surface area contributed by atoms with Crippen LogP contribution in [0.2, 0.25) is 0 Å². The van der Waals surface area contributed by atoms with Crippen LogP contribution in [0.3, 0.4) is 0 Å². The molecule has 3 heteroatoms. The number of benzene rings is 1. The molecule has 3 nitrogen and oxygen atoms in total. The van der Waals surface area contributed by atoms with E-state index in [1.165, 1.54) is 5.52 Å². The van der Waals surface area contributed by atoms with Gasteiger partial charge in [-0.05, 0) is 40.1 Å². The van der Waals surface area contributed by atoms with E-state index in [0.29, 0.717) is 6.04 Å². The van der Waals surface area contributed by atoms with E-state index in [0.717, 1.165) is 17.9 Å². The van der Waals surface area contributed by atoms with Gasteiger partial charge in [0.05, 0.1) is 17.6 Å². The van der Waals surface area contributed by atoms with Crippen LogP contribution in [-0.4, -0.2) is 28.5 Å². The van der Waals surface area contributed by atoms with Crippen LogP contribution in [0.5, 0.6) is 0 Å². The van der Waals surface area contributed by atoms with Gasteiger partial charge in [0.1, 0.15) is 5.82 Å². The third-order valence-corrected chi connectivity index (χ3v) is 2.64. The predicted octanol–water partition coefficient (Wildman–Crippen LogP) is 2.68. The summed E-state index contributed by atoms with van der Waals surface area (Å²) < 4.78 is 2.31. The summed E-state index contributed by atoms with van der Waals surface area (Å²) in [6.45, 7) is 5.29. The maximum absolute atomic E-state index is 4.70. The zero-order valence-corrected chi connectivity index (χ0v) is 10.4. The Bertz CT molecular complexity index is 483. The minimum absolute atomic E-state index is 0.447. The average Bonchev–Trinajstić information content (AvgIpc) is 2.53. The van der Waals surface area contributed by atoms with Crippen LogP contribution in [0.15, 0.2) is 24.3 Å². The van der Waals surface area contributed by atoms with Crippen molar-refractivity contribution in [3.8, 4) is 0 Å². The zero-order valence-electron chi connectivity index (χ0n) is 10.4. The monoisotopic (exact) mass is 217 g/mol. The highest BCUT2D eigenvalue weighted by atomic mass is 15.2. The Hall–Kier alpha value is -1.35. The van der Waals surface area contributed by atoms with E-state index >= 15 is 0 Å². The van der Waals surface area contributed by atoms with E-state index < -0.39 is 0 Å². The van der Waals surface area contributed by atoms with E-state index in [2.05, 4.69) is 55.6 Å². The molecule has 0 amide bonds. The molecule has 0 atom stereocenters. The maximum Gasteiger partial charge on any atom is 0.124 e. The molecule has 0 fully saturated rings. The largest absolute Gasteiger partial charge is 0.324 e. The van der Waals surface area contributed by atoms with Gasteiger partial charge in [-0.3, -0.25) is 0 Å². The number of fused-ring (bicyclic) bond motifs is 1. The fraction of sp³-hybridized carbons (Fsp3) is 0.462. The van der Waals surface area contributed by atoms with Gasteiger partial charge in [-0.15, -0.1) is 0 Å². The van der Waals surface area contributed by atoms with Crippen molar-refractivity contribution >= 4 is 11.0 Å². The average molecular weight is 217 g/mol. The molecular formula is C13H19N3. The second-order valence-corrected chi connectivity index (χ2v) is 4.72. The first-order valence-electron chi connectivity index (χ1n) is 5.70. The summed E-state index contributed by atoms with van der Waals surface area (Å²) in [4.78, 5) is 6.85. The molecule has 0 unspecified atom stereocenters. The van der Waals surface area contributed by atoms with Crippen molar-refractivity contribution < 1.29 is 0 Å². The van der Waals surface area contributed by atoms with Gasteiger partial charge in [-0.25, -0.2) is 4.98 Å². The molecule has 0 aliphatic carbocycles. The Balaban J connectivity index is 2.58. The lowest BCUT2D eigenvalue weighted by Gasteiger charge is -2.15. The van der Waals surface area contributed by atoms with Crippen molar-refractivity contribution in [1.82, 2.24) is 14.5 Å². The van der Waals surface area contributed by atoms with Crippen molar-refractivity contribution in [2.45, 2.75) is 26.4 Å². The van der Waals surface area contributed by atoms with Gasteiger partial charge in [0.2, 0.25) is 0 Å². The highest BCUT2D eigenvalue weighted by Crippen LogP contribution is 2.21. The van der Waals surface area contributed by atoms with E-state index in [-0.39, 0.29) is 0 Å². The van der Waals surface area contributed by atoms with Gasteiger partial charge in [0, 0.05) is 6.04 Å². The molecule has 0 saturated carbocycles. The maximum atomic E-state index is 4.70. The molecule has 1 heterocycles. The minimum atomic E-state index is 0.447. The van der Waals surface area contributed by atoms with E-state index in [1.54, 1.807) is 0 Å². The summed E-state index contributed by atoms with van der Waals surface area (Å²) in [7, 11) is 4.15. The number of imidazole rings is 1. The van der Waals surface area contributed by atoms with E-state index in [4.69, 9.17) is 4.98 Å². The fourth-order valence-corrected chi connectivity index (χ4v) is 2.06. The van der Waals surface area contributed by atoms with Crippen molar-refractivity contribution in [2.24, 2.45) is 0 Å². The van der Waals surface area contributed by atoms with Crippen molar-refractivity contribution in [1.29, 1.82) is 0 Å². The molecule has 2 rings (SSSR count). The molecule has 0 N–H and O–H groups in total. The Morgan fingerprint density at radius 1 is 1.25 bits per heavy atom. The SMILES string of the molecule is CC(C)n1c(CN(C)C)nc2ccccc21. The molecule has 86 valence electrons. The van der Waals surface area contributed by atoms with Gasteiger partial charge < -0.3 is 9.47 Å². The highest BCUT2D eigenvalue weighted by Gasteiger charge is 2.12. The van der Waals surface area contributed by atoms with Crippen LogP contribution in [0.25, 0.3) is 11.0 Å². The topological polar surface area (TPSA) is 21.1 Å². The molecule has 0 spiro atoms. The molecule has 0 aliphatic heterocycles. The summed E-state index contributed by atoms with van der Waals surface area (Å²) in [6, 6.07) is 8.78. The first-order chi connectivity index (χ1) is 7.59. The quantitative estimate of drug-likeness (QED) is 0.788. The molecule has 1 aromatic heterocycles. The molecule has 0 radical (unpaired) electrons. The Morgan fingerprint density at radius 2 is 1.94 bits per heavy atom. The fourth-order valence-electron chi connectivity index (χ4n) is 2.06. The van der Waals surface area contributed by atoms with E-state index in [1.807, 2.05) is 6.07 Å². The van der Waals surface area contributed by atoms with Gasteiger partial charge in [0.15, 0.2) is 0 Å². The molecule has 0 bridgehead atoms. The summed E-state index contributed by atoms with van der Waals surface area (Å²) in [5.41, 5.74) is 2.32. The van der Waals surface area contributed by atoms with Crippen molar-refractivity contribution in [2.75, 3.05) is 14.1 Å². The second kappa shape index (κ2) is 4.26. The van der Waals surface area contributed by atoms with Crippen LogP contribution in [0.1, 0.15) is 25.7 Å². The van der Waals surface area contributed by atoms with Gasteiger partial charge >= 0.3 is 0 Å². The molecule has 1 aromatic carbocycles. The first kappa shape index (κ1) is 11.1. The normalized spacial score (nSPS) is 11.9. The van der Waals surface area contributed by atoms with Crippen molar-refractivity contribution in [3.05, 3.63) is 30.1 Å². The minimum Gasteiger partial charge on any atom is -0.324 e. The molecule has 0 saturated heterocycles. The summed E-state index contributed by atoms with van der Waals surface area (Å²) in [5.74, 6) is 1.14. The Labute approximate surface area is 96.7 Å². The molecule has 0 aliphatic rings. The summed E-state index contributed by atoms with van der Waals surface area (Å²) in [5, 5.41) is 0. The number of aromatic nitrogens is 2. The zero-order chi connectivity index (χ0) is 11.7. The Morgan fingerprint density at radius 3 is 2.56 bits per heavy atom. The third-order valence-electron chi connectivity index (χ3n) is 2.64. The third kappa shape index (κ3) is 1.95. The number of nitrogens with zero attached hydrogens (tertiary/aromatic N) is 3. The lowest BCUT2D eigenvalue weighted by molar-refractivity contribution is 0.377. The van der Waals surface area contributed by atoms with Crippen LogP contribution >= 0.6 is 0 Å². The number of para-hydroxylation sites is 2. The van der Waals surface area contributed by atoms with Gasteiger partial charge in [-0.1, -0.05) is 12.1 Å². The smallest absolute Gasteiger partial charge is 0.124 e. The number of rotatable bonds is 3. The van der Waals surface area contributed by atoms with Gasteiger partial charge in [0.25, 0.3) is 0 Å². The van der Waals surface area contributed by atoms with Gasteiger partial charge in [-0.2, -0.15) is 0 Å². The molecular weight excluding hydrogens is 198 g/mol. The summed E-state index contributed by atoms with van der Waals surface area (Å²) >= 11 is 0. The molecule has 16 heavy (non-hydrogen) atoms. The first-order valence-corrected chi connectivity index (χ1v) is 5.70. The highest BCUT2D eigenvalue weighted by molar-refractivity contribution is 5.76. The standard InChI is InChI=1S/C13H19N3/c1-10(2)16-12-8-6-5-7-11(12)14-13(16)9-15(3)4/h5-8,10H,9H2,1-4H3. The Kier molecular flexibility index (Phi) is 2.97. The van der Waals surface area contributed by atoms with Crippen LogP contribution < -0.4 is 0 Å². The predicted molar refractivity (Wildman–Crippen MR) is 67.5 cm³/mol.